The largest absolute Gasteiger partial charge is 0.377 e. The van der Waals surface area contributed by atoms with Crippen molar-refractivity contribution in [1.82, 2.24) is 5.32 Å². The van der Waals surface area contributed by atoms with E-state index in [0.717, 1.165) is 25.5 Å². The van der Waals surface area contributed by atoms with Gasteiger partial charge < -0.3 is 10.1 Å². The third kappa shape index (κ3) is 4.63. The molecule has 2 atom stereocenters. The van der Waals surface area contributed by atoms with Crippen LogP contribution < -0.4 is 5.32 Å². The zero-order valence-corrected chi connectivity index (χ0v) is 12.3. The van der Waals surface area contributed by atoms with Gasteiger partial charge in [-0.15, -0.1) is 0 Å². The summed E-state index contributed by atoms with van der Waals surface area (Å²) >= 11 is 0. The quantitative estimate of drug-likeness (QED) is 0.735. The van der Waals surface area contributed by atoms with Crippen LogP contribution in [-0.4, -0.2) is 25.3 Å². The van der Waals surface area contributed by atoms with Crippen molar-refractivity contribution in [2.24, 2.45) is 5.92 Å². The van der Waals surface area contributed by atoms with E-state index in [0.29, 0.717) is 12.1 Å². The number of ether oxygens (including phenoxy) is 1. The van der Waals surface area contributed by atoms with Gasteiger partial charge in [-0.1, -0.05) is 37.3 Å². The molecule has 2 rings (SSSR count). The van der Waals surface area contributed by atoms with Crippen molar-refractivity contribution in [3.8, 4) is 0 Å². The summed E-state index contributed by atoms with van der Waals surface area (Å²) in [5, 5.41) is 3.63. The highest BCUT2D eigenvalue weighted by atomic mass is 16.5. The molecule has 0 saturated heterocycles. The monoisotopic (exact) mass is 261 g/mol. The summed E-state index contributed by atoms with van der Waals surface area (Å²) in [4.78, 5) is 0. The van der Waals surface area contributed by atoms with Crippen molar-refractivity contribution >= 4 is 0 Å². The minimum absolute atomic E-state index is 0.411. The minimum atomic E-state index is 0.411. The van der Waals surface area contributed by atoms with Gasteiger partial charge in [0.25, 0.3) is 0 Å². The second kappa shape index (κ2) is 7.66. The maximum atomic E-state index is 6.01. The normalized spacial score (nSPS) is 18.2. The number of nitrogens with one attached hydrogen (secondary N) is 1. The van der Waals surface area contributed by atoms with Crippen LogP contribution in [0.3, 0.4) is 0 Å². The van der Waals surface area contributed by atoms with Crippen LogP contribution in [0.25, 0.3) is 0 Å². The molecule has 1 aromatic carbocycles. The average molecular weight is 261 g/mol. The van der Waals surface area contributed by atoms with E-state index in [4.69, 9.17) is 4.74 Å². The number of benzene rings is 1. The lowest BCUT2D eigenvalue weighted by Crippen LogP contribution is -2.43. The molecule has 1 saturated carbocycles. The van der Waals surface area contributed by atoms with Crippen LogP contribution in [0, 0.1) is 5.92 Å². The van der Waals surface area contributed by atoms with Crippen molar-refractivity contribution in [1.29, 1.82) is 0 Å². The van der Waals surface area contributed by atoms with Gasteiger partial charge in [0.05, 0.1) is 6.10 Å². The van der Waals surface area contributed by atoms with E-state index in [1.54, 1.807) is 0 Å². The second-order valence-corrected chi connectivity index (χ2v) is 5.45. The highest BCUT2D eigenvalue weighted by Gasteiger charge is 2.36. The predicted molar refractivity (Wildman–Crippen MR) is 80.4 cm³/mol. The van der Waals surface area contributed by atoms with Crippen molar-refractivity contribution in [2.45, 2.75) is 51.7 Å². The molecule has 0 bridgehead atoms. The molecule has 1 fully saturated rings. The predicted octanol–water partition coefficient (Wildman–Crippen LogP) is 3.41. The maximum Gasteiger partial charge on any atom is 0.0756 e. The van der Waals surface area contributed by atoms with Gasteiger partial charge in [-0.3, -0.25) is 0 Å². The molecule has 106 valence electrons. The third-order valence-corrected chi connectivity index (χ3v) is 3.90. The molecule has 1 aliphatic carbocycles. The highest BCUT2D eigenvalue weighted by Crippen LogP contribution is 2.36. The standard InChI is InChI=1S/C17H27NO/c1-3-18-16(17(19-4-2)15-11-12-15)13-10-14-8-6-5-7-9-14/h5-9,15-18H,3-4,10-13H2,1-2H3. The first-order valence-electron chi connectivity index (χ1n) is 7.74. The molecule has 2 nitrogen and oxygen atoms in total. The smallest absolute Gasteiger partial charge is 0.0756 e. The summed E-state index contributed by atoms with van der Waals surface area (Å²) in [7, 11) is 0. The molecule has 0 aliphatic heterocycles. The molecule has 1 aromatic rings. The van der Waals surface area contributed by atoms with E-state index in [9.17, 15) is 0 Å². The van der Waals surface area contributed by atoms with Crippen LogP contribution in [0.4, 0.5) is 0 Å². The number of hydrogen-bond donors (Lipinski definition) is 1. The third-order valence-electron chi connectivity index (χ3n) is 3.90. The zero-order chi connectivity index (χ0) is 13.5. The lowest BCUT2D eigenvalue weighted by atomic mass is 9.98. The van der Waals surface area contributed by atoms with Crippen molar-refractivity contribution in [3.63, 3.8) is 0 Å². The molecule has 0 amide bonds. The molecule has 0 spiro atoms. The Labute approximate surface area is 117 Å². The molecule has 2 heteroatoms. The molecule has 0 heterocycles. The Hall–Kier alpha value is -0.860. The zero-order valence-electron chi connectivity index (χ0n) is 12.3. The lowest BCUT2D eigenvalue weighted by Gasteiger charge is -2.28. The summed E-state index contributed by atoms with van der Waals surface area (Å²) in [6.45, 7) is 6.14. The van der Waals surface area contributed by atoms with Gasteiger partial charge in [0.15, 0.2) is 0 Å². The van der Waals surface area contributed by atoms with Crippen molar-refractivity contribution < 1.29 is 4.74 Å². The van der Waals surface area contributed by atoms with Crippen LogP contribution in [-0.2, 0) is 11.2 Å². The van der Waals surface area contributed by atoms with Crippen molar-refractivity contribution in [2.75, 3.05) is 13.2 Å². The summed E-state index contributed by atoms with van der Waals surface area (Å²) in [5.74, 6) is 0.791. The summed E-state index contributed by atoms with van der Waals surface area (Å²) in [5.41, 5.74) is 1.43. The summed E-state index contributed by atoms with van der Waals surface area (Å²) < 4.78 is 6.01. The Bertz CT molecular complexity index is 348. The van der Waals surface area contributed by atoms with Crippen LogP contribution in [0.15, 0.2) is 30.3 Å². The Kier molecular flexibility index (Phi) is 5.87. The van der Waals surface area contributed by atoms with E-state index < -0.39 is 0 Å². The minimum Gasteiger partial charge on any atom is -0.377 e. The first-order chi connectivity index (χ1) is 9.35. The van der Waals surface area contributed by atoms with Gasteiger partial charge in [-0.05, 0) is 50.6 Å². The second-order valence-electron chi connectivity index (χ2n) is 5.45. The van der Waals surface area contributed by atoms with Gasteiger partial charge in [0, 0.05) is 12.6 Å². The number of rotatable bonds is 9. The van der Waals surface area contributed by atoms with E-state index in [1.807, 2.05) is 0 Å². The van der Waals surface area contributed by atoms with Gasteiger partial charge in [-0.25, -0.2) is 0 Å². The fourth-order valence-corrected chi connectivity index (χ4v) is 2.81. The number of hydrogen-bond acceptors (Lipinski definition) is 2. The van der Waals surface area contributed by atoms with Crippen LogP contribution in [0.2, 0.25) is 0 Å². The molecule has 1 N–H and O–H groups in total. The average Bonchev–Trinajstić information content (AvgIpc) is 3.27. The van der Waals surface area contributed by atoms with Crippen molar-refractivity contribution in [3.05, 3.63) is 35.9 Å². The fourth-order valence-electron chi connectivity index (χ4n) is 2.81. The Balaban J connectivity index is 1.90. The van der Waals surface area contributed by atoms with E-state index in [1.165, 1.54) is 24.8 Å². The van der Waals surface area contributed by atoms with Crippen LogP contribution in [0.5, 0.6) is 0 Å². The topological polar surface area (TPSA) is 21.3 Å². The van der Waals surface area contributed by atoms with E-state index in [2.05, 4.69) is 49.5 Å². The lowest BCUT2D eigenvalue weighted by molar-refractivity contribution is 0.0175. The number of likely N-dealkylation sites (N-methyl/N-ethyl adjacent to an activating group) is 1. The molecular formula is C17H27NO. The first kappa shape index (κ1) is 14.5. The van der Waals surface area contributed by atoms with Crippen LogP contribution >= 0.6 is 0 Å². The van der Waals surface area contributed by atoms with Gasteiger partial charge in [0.1, 0.15) is 0 Å². The fraction of sp³-hybridized carbons (Fsp3) is 0.647. The Morgan fingerprint density at radius 2 is 1.95 bits per heavy atom. The number of aryl methyl sites for hydroxylation is 1. The van der Waals surface area contributed by atoms with Crippen LogP contribution in [0.1, 0.15) is 38.7 Å². The summed E-state index contributed by atoms with van der Waals surface area (Å²) in [6.07, 6.45) is 5.40. The summed E-state index contributed by atoms with van der Waals surface area (Å²) in [6, 6.07) is 11.3. The maximum absolute atomic E-state index is 6.01. The Morgan fingerprint density at radius 1 is 1.21 bits per heavy atom. The highest BCUT2D eigenvalue weighted by molar-refractivity contribution is 5.15. The molecule has 1 aliphatic rings. The van der Waals surface area contributed by atoms with E-state index in [-0.39, 0.29) is 0 Å². The van der Waals surface area contributed by atoms with E-state index >= 15 is 0 Å². The van der Waals surface area contributed by atoms with Gasteiger partial charge in [0.2, 0.25) is 0 Å². The molecule has 2 unspecified atom stereocenters. The first-order valence-corrected chi connectivity index (χ1v) is 7.74. The van der Waals surface area contributed by atoms with Gasteiger partial charge >= 0.3 is 0 Å². The SMILES string of the molecule is CCNC(CCc1ccccc1)C(OCC)C1CC1. The van der Waals surface area contributed by atoms with Gasteiger partial charge in [-0.2, -0.15) is 0 Å². The molecule has 0 radical (unpaired) electrons. The molecule has 19 heavy (non-hydrogen) atoms. The Morgan fingerprint density at radius 3 is 2.53 bits per heavy atom. The molecule has 0 aromatic heterocycles. The molecular weight excluding hydrogens is 234 g/mol.